The molecule has 2 rings (SSSR count). The zero-order valence-electron chi connectivity index (χ0n) is 11.8. The average molecular weight is 253 g/mol. The molecule has 1 aliphatic heterocycles. The second-order valence-corrected chi connectivity index (χ2v) is 6.83. The van der Waals surface area contributed by atoms with Crippen LogP contribution in [-0.2, 0) is 4.79 Å². The lowest BCUT2D eigenvalue weighted by molar-refractivity contribution is -0.138. The summed E-state index contributed by atoms with van der Waals surface area (Å²) in [5, 5.41) is 8.85. The van der Waals surface area contributed by atoms with E-state index in [9.17, 15) is 4.79 Å². The van der Waals surface area contributed by atoms with Gasteiger partial charge < -0.3 is 5.11 Å². The minimum atomic E-state index is -0.633. The molecule has 0 aromatic heterocycles. The third-order valence-electron chi connectivity index (χ3n) is 5.00. The van der Waals surface area contributed by atoms with Crippen molar-refractivity contribution in [1.82, 2.24) is 4.90 Å². The first kappa shape index (κ1) is 13.9. The first-order valence-electron chi connectivity index (χ1n) is 7.45. The molecule has 18 heavy (non-hydrogen) atoms. The lowest BCUT2D eigenvalue weighted by atomic mass is 9.72. The Bertz CT molecular complexity index is 293. The Morgan fingerprint density at radius 1 is 1.22 bits per heavy atom. The van der Waals surface area contributed by atoms with E-state index in [1.807, 2.05) is 0 Å². The van der Waals surface area contributed by atoms with Crippen molar-refractivity contribution in [3.63, 3.8) is 0 Å². The summed E-state index contributed by atoms with van der Waals surface area (Å²) in [6.45, 7) is 7.01. The van der Waals surface area contributed by atoms with Gasteiger partial charge in [0.1, 0.15) is 0 Å². The molecular weight excluding hydrogens is 226 g/mol. The van der Waals surface area contributed by atoms with Crippen molar-refractivity contribution in [2.45, 2.75) is 64.8 Å². The molecule has 1 atom stereocenters. The van der Waals surface area contributed by atoms with Crippen molar-refractivity contribution in [3.8, 4) is 0 Å². The third-order valence-corrected chi connectivity index (χ3v) is 5.00. The Morgan fingerprint density at radius 2 is 1.89 bits per heavy atom. The fraction of sp³-hybridized carbons (Fsp3) is 0.933. The Morgan fingerprint density at radius 3 is 2.44 bits per heavy atom. The van der Waals surface area contributed by atoms with Gasteiger partial charge in [0.2, 0.25) is 0 Å². The van der Waals surface area contributed by atoms with E-state index in [2.05, 4.69) is 18.7 Å². The van der Waals surface area contributed by atoms with Gasteiger partial charge in [0.25, 0.3) is 0 Å². The Hall–Kier alpha value is -0.570. The van der Waals surface area contributed by atoms with Crippen LogP contribution in [0.2, 0.25) is 0 Å². The highest BCUT2D eigenvalue weighted by Gasteiger charge is 2.37. The van der Waals surface area contributed by atoms with Gasteiger partial charge >= 0.3 is 5.97 Å². The first-order valence-corrected chi connectivity index (χ1v) is 7.45. The van der Waals surface area contributed by atoms with E-state index in [1.165, 1.54) is 25.7 Å². The van der Waals surface area contributed by atoms with Gasteiger partial charge in [0.05, 0.1) is 0 Å². The Balaban J connectivity index is 1.87. The zero-order valence-corrected chi connectivity index (χ0v) is 11.8. The van der Waals surface area contributed by atoms with E-state index in [0.29, 0.717) is 17.8 Å². The Labute approximate surface area is 111 Å². The van der Waals surface area contributed by atoms with E-state index in [0.717, 1.165) is 32.0 Å². The van der Waals surface area contributed by atoms with E-state index >= 15 is 0 Å². The van der Waals surface area contributed by atoms with Crippen LogP contribution in [-0.4, -0.2) is 35.1 Å². The molecule has 1 aliphatic carbocycles. The summed E-state index contributed by atoms with van der Waals surface area (Å²) >= 11 is 0. The van der Waals surface area contributed by atoms with Crippen LogP contribution >= 0.6 is 0 Å². The molecule has 0 aromatic carbocycles. The molecule has 2 fully saturated rings. The molecule has 0 bridgehead atoms. The number of nitrogens with zero attached hydrogens (tertiary/aromatic N) is 1. The number of carboxylic acids is 1. The quantitative estimate of drug-likeness (QED) is 0.840. The summed E-state index contributed by atoms with van der Waals surface area (Å²) in [5.41, 5.74) is 0.442. The van der Waals surface area contributed by atoms with Gasteiger partial charge in [-0.15, -0.1) is 0 Å². The largest absolute Gasteiger partial charge is 0.481 e. The van der Waals surface area contributed by atoms with E-state index in [4.69, 9.17) is 5.11 Å². The normalized spacial score (nSPS) is 30.2. The number of piperidine rings is 1. The van der Waals surface area contributed by atoms with Gasteiger partial charge in [-0.05, 0) is 50.1 Å². The van der Waals surface area contributed by atoms with Crippen LogP contribution in [0.25, 0.3) is 0 Å². The highest BCUT2D eigenvalue weighted by molar-refractivity contribution is 5.67. The van der Waals surface area contributed by atoms with Crippen LogP contribution in [0.3, 0.4) is 0 Å². The van der Waals surface area contributed by atoms with Crippen LogP contribution in [0, 0.1) is 11.3 Å². The fourth-order valence-corrected chi connectivity index (χ4v) is 3.87. The molecule has 104 valence electrons. The van der Waals surface area contributed by atoms with Crippen molar-refractivity contribution in [2.75, 3.05) is 13.1 Å². The van der Waals surface area contributed by atoms with Crippen LogP contribution in [0.1, 0.15) is 58.8 Å². The number of likely N-dealkylation sites (tertiary alicyclic amines) is 1. The van der Waals surface area contributed by atoms with Gasteiger partial charge in [0, 0.05) is 12.5 Å². The standard InChI is InChI=1S/C15H27NO2/c1-15(2)8-4-3-5-13(15)16-9-6-12(7-10-16)11-14(17)18/h12-13H,3-11H2,1-2H3,(H,17,18). The molecule has 1 saturated heterocycles. The van der Waals surface area contributed by atoms with Crippen molar-refractivity contribution >= 4 is 5.97 Å². The number of hydrogen-bond acceptors (Lipinski definition) is 2. The molecule has 3 nitrogen and oxygen atoms in total. The molecule has 1 N–H and O–H groups in total. The average Bonchev–Trinajstić information content (AvgIpc) is 2.29. The SMILES string of the molecule is CC1(C)CCCCC1N1CCC(CC(=O)O)CC1. The molecule has 0 aromatic rings. The van der Waals surface area contributed by atoms with E-state index < -0.39 is 5.97 Å². The second-order valence-electron chi connectivity index (χ2n) is 6.83. The predicted molar refractivity (Wildman–Crippen MR) is 72.6 cm³/mol. The molecule has 3 heteroatoms. The predicted octanol–water partition coefficient (Wildman–Crippen LogP) is 3.14. The maximum atomic E-state index is 10.7. The van der Waals surface area contributed by atoms with Gasteiger partial charge in [-0.3, -0.25) is 9.69 Å². The van der Waals surface area contributed by atoms with Crippen molar-refractivity contribution < 1.29 is 9.90 Å². The highest BCUT2D eigenvalue weighted by Crippen LogP contribution is 2.40. The monoisotopic (exact) mass is 253 g/mol. The minimum absolute atomic E-state index is 0.363. The summed E-state index contributed by atoms with van der Waals surface area (Å²) in [4.78, 5) is 13.4. The number of aliphatic carboxylic acids is 1. The maximum Gasteiger partial charge on any atom is 0.303 e. The zero-order chi connectivity index (χ0) is 13.2. The maximum absolute atomic E-state index is 10.7. The molecule has 1 heterocycles. The van der Waals surface area contributed by atoms with Crippen LogP contribution in [0.5, 0.6) is 0 Å². The number of rotatable bonds is 3. The molecular formula is C15H27NO2. The van der Waals surface area contributed by atoms with Crippen molar-refractivity contribution in [1.29, 1.82) is 0 Å². The topological polar surface area (TPSA) is 40.5 Å². The molecule has 0 radical (unpaired) electrons. The molecule has 1 unspecified atom stereocenters. The molecule has 0 amide bonds. The minimum Gasteiger partial charge on any atom is -0.481 e. The highest BCUT2D eigenvalue weighted by atomic mass is 16.4. The molecule has 1 saturated carbocycles. The van der Waals surface area contributed by atoms with Crippen molar-refractivity contribution in [2.24, 2.45) is 11.3 Å². The number of carboxylic acid groups (broad SMARTS) is 1. The summed E-state index contributed by atoms with van der Waals surface area (Å²) in [5.74, 6) is -0.225. The lowest BCUT2D eigenvalue weighted by Gasteiger charge is -2.47. The third kappa shape index (κ3) is 3.25. The molecule has 2 aliphatic rings. The number of carbonyl (C=O) groups is 1. The van der Waals surface area contributed by atoms with Gasteiger partial charge in [-0.2, -0.15) is 0 Å². The summed E-state index contributed by atoms with van der Waals surface area (Å²) in [6.07, 6.45) is 7.91. The second kappa shape index (κ2) is 5.60. The molecule has 0 spiro atoms. The van der Waals surface area contributed by atoms with Crippen LogP contribution in [0.4, 0.5) is 0 Å². The first-order chi connectivity index (χ1) is 8.49. The van der Waals surface area contributed by atoms with Crippen LogP contribution < -0.4 is 0 Å². The van der Waals surface area contributed by atoms with Gasteiger partial charge in [0.15, 0.2) is 0 Å². The summed E-state index contributed by atoms with van der Waals surface area (Å²) < 4.78 is 0. The Kier molecular flexibility index (Phi) is 4.31. The number of hydrogen-bond donors (Lipinski definition) is 1. The van der Waals surface area contributed by atoms with Crippen molar-refractivity contribution in [3.05, 3.63) is 0 Å². The summed E-state index contributed by atoms with van der Waals surface area (Å²) in [6, 6.07) is 0.719. The smallest absolute Gasteiger partial charge is 0.303 e. The van der Waals surface area contributed by atoms with E-state index in [-0.39, 0.29) is 0 Å². The van der Waals surface area contributed by atoms with Crippen LogP contribution in [0.15, 0.2) is 0 Å². The van der Waals surface area contributed by atoms with Gasteiger partial charge in [-0.25, -0.2) is 0 Å². The lowest BCUT2D eigenvalue weighted by Crippen LogP contribution is -2.50. The summed E-state index contributed by atoms with van der Waals surface area (Å²) in [7, 11) is 0. The fourth-order valence-electron chi connectivity index (χ4n) is 3.87. The van der Waals surface area contributed by atoms with Gasteiger partial charge in [-0.1, -0.05) is 26.7 Å². The van der Waals surface area contributed by atoms with E-state index in [1.54, 1.807) is 0 Å².